The molecule has 4 rings (SSSR count). The lowest BCUT2D eigenvalue weighted by Gasteiger charge is -2.16. The van der Waals surface area contributed by atoms with E-state index < -0.39 is 0 Å². The number of nitrogens with one attached hydrogen (secondary N) is 1. The minimum Gasteiger partial charge on any atom is -0.348 e. The van der Waals surface area contributed by atoms with Crippen LogP contribution in [0, 0.1) is 0 Å². The Morgan fingerprint density at radius 1 is 0.857 bits per heavy atom. The van der Waals surface area contributed by atoms with Gasteiger partial charge in [0.25, 0.3) is 17.7 Å². The van der Waals surface area contributed by atoms with Crippen LogP contribution in [0.4, 0.5) is 5.69 Å². The molecule has 0 saturated carbocycles. The Hall–Kier alpha value is -2.95. The molecule has 5 nitrogen and oxygen atoms in total. The van der Waals surface area contributed by atoms with E-state index in [1.54, 1.807) is 36.4 Å². The predicted octanol–water partition coefficient (Wildman–Crippen LogP) is 1.73. The predicted molar refractivity (Wildman–Crippen MR) is 75.2 cm³/mol. The van der Waals surface area contributed by atoms with Crippen LogP contribution in [0.3, 0.4) is 0 Å². The second kappa shape index (κ2) is 4.02. The zero-order chi connectivity index (χ0) is 14.6. The summed E-state index contributed by atoms with van der Waals surface area (Å²) in [5.74, 6) is -1.02. The summed E-state index contributed by atoms with van der Waals surface area (Å²) in [5.41, 5.74) is 2.31. The molecule has 2 heterocycles. The number of rotatable bonds is 1. The number of nitrogens with zero attached hydrogens (tertiary/aromatic N) is 1. The SMILES string of the molecule is O=C1NCc2cccc(N3C(=O)c4ccccc4C3=O)c21. The Kier molecular flexibility index (Phi) is 2.27. The van der Waals surface area contributed by atoms with Crippen molar-refractivity contribution in [3.05, 3.63) is 64.7 Å². The van der Waals surface area contributed by atoms with Crippen LogP contribution >= 0.6 is 0 Å². The highest BCUT2D eigenvalue weighted by Crippen LogP contribution is 2.33. The van der Waals surface area contributed by atoms with Crippen LogP contribution < -0.4 is 10.2 Å². The number of amides is 3. The molecule has 21 heavy (non-hydrogen) atoms. The summed E-state index contributed by atoms with van der Waals surface area (Å²) in [5, 5.41) is 2.71. The molecule has 5 heteroatoms. The van der Waals surface area contributed by atoms with E-state index in [-0.39, 0.29) is 17.7 Å². The molecule has 3 amide bonds. The minimum absolute atomic E-state index is 0.253. The third-order valence-electron chi connectivity index (χ3n) is 3.83. The van der Waals surface area contributed by atoms with E-state index in [1.807, 2.05) is 6.07 Å². The summed E-state index contributed by atoms with van der Waals surface area (Å²) < 4.78 is 0. The van der Waals surface area contributed by atoms with Gasteiger partial charge in [-0.25, -0.2) is 4.90 Å². The minimum atomic E-state index is -0.385. The number of benzene rings is 2. The maximum Gasteiger partial charge on any atom is 0.266 e. The monoisotopic (exact) mass is 278 g/mol. The second-order valence-corrected chi connectivity index (χ2v) is 4.99. The first kappa shape index (κ1) is 11.8. The molecule has 0 atom stereocenters. The van der Waals surface area contributed by atoms with E-state index in [1.165, 1.54) is 0 Å². The molecule has 0 fully saturated rings. The van der Waals surface area contributed by atoms with E-state index in [2.05, 4.69) is 5.32 Å². The first-order valence-corrected chi connectivity index (χ1v) is 6.56. The van der Waals surface area contributed by atoms with Gasteiger partial charge in [-0.1, -0.05) is 24.3 Å². The summed E-state index contributed by atoms with van der Waals surface area (Å²) >= 11 is 0. The number of hydrogen-bond acceptors (Lipinski definition) is 3. The summed E-state index contributed by atoms with van der Waals surface area (Å²) in [6.07, 6.45) is 0. The highest BCUT2D eigenvalue weighted by atomic mass is 16.2. The first-order chi connectivity index (χ1) is 10.2. The summed E-state index contributed by atoms with van der Waals surface area (Å²) in [4.78, 5) is 38.0. The molecule has 2 aromatic rings. The molecule has 0 saturated heterocycles. The molecule has 0 aromatic heterocycles. The Morgan fingerprint density at radius 2 is 1.52 bits per heavy atom. The fourth-order valence-electron chi connectivity index (χ4n) is 2.85. The van der Waals surface area contributed by atoms with Crippen LogP contribution in [-0.2, 0) is 6.54 Å². The molecule has 0 radical (unpaired) electrons. The number of carbonyl (C=O) groups excluding carboxylic acids is 3. The molecule has 0 spiro atoms. The van der Waals surface area contributed by atoms with Gasteiger partial charge < -0.3 is 5.32 Å². The van der Waals surface area contributed by atoms with Crippen LogP contribution in [0.25, 0.3) is 0 Å². The molecule has 0 bridgehead atoms. The van der Waals surface area contributed by atoms with Gasteiger partial charge in [0.1, 0.15) is 0 Å². The van der Waals surface area contributed by atoms with E-state index in [0.717, 1.165) is 10.5 Å². The molecule has 102 valence electrons. The standard InChI is InChI=1S/C16H10N2O3/c19-14-13-9(8-17-14)4-3-7-12(13)18-15(20)10-5-1-2-6-11(10)16(18)21/h1-7H,8H2,(H,17,19). The maximum absolute atomic E-state index is 12.5. The molecule has 0 aliphatic carbocycles. The topological polar surface area (TPSA) is 66.5 Å². The Labute approximate surface area is 120 Å². The zero-order valence-corrected chi connectivity index (χ0v) is 10.9. The third-order valence-corrected chi connectivity index (χ3v) is 3.83. The highest BCUT2D eigenvalue weighted by molar-refractivity contribution is 6.35. The maximum atomic E-state index is 12.5. The van der Waals surface area contributed by atoms with Gasteiger partial charge in [-0.15, -0.1) is 0 Å². The van der Waals surface area contributed by atoms with Gasteiger partial charge in [0.15, 0.2) is 0 Å². The number of carbonyl (C=O) groups is 3. The van der Waals surface area contributed by atoms with Gasteiger partial charge in [-0.2, -0.15) is 0 Å². The number of hydrogen-bond donors (Lipinski definition) is 1. The van der Waals surface area contributed by atoms with Gasteiger partial charge >= 0.3 is 0 Å². The summed E-state index contributed by atoms with van der Waals surface area (Å²) in [7, 11) is 0. The van der Waals surface area contributed by atoms with Crippen LogP contribution in [0.5, 0.6) is 0 Å². The molecule has 2 aromatic carbocycles. The van der Waals surface area contributed by atoms with Gasteiger partial charge in [0.2, 0.25) is 0 Å². The van der Waals surface area contributed by atoms with Gasteiger partial charge in [-0.3, -0.25) is 14.4 Å². The normalized spacial score (nSPS) is 16.0. The average Bonchev–Trinajstić information content (AvgIpc) is 3.00. The van der Waals surface area contributed by atoms with E-state index in [4.69, 9.17) is 0 Å². The van der Waals surface area contributed by atoms with Crippen molar-refractivity contribution in [3.63, 3.8) is 0 Å². The number of fused-ring (bicyclic) bond motifs is 2. The van der Waals surface area contributed by atoms with Crippen LogP contribution in [-0.4, -0.2) is 17.7 Å². The highest BCUT2D eigenvalue weighted by Gasteiger charge is 2.39. The molecule has 2 aliphatic heterocycles. The Balaban J connectivity index is 1.91. The van der Waals surface area contributed by atoms with Gasteiger partial charge in [0.05, 0.1) is 22.4 Å². The smallest absolute Gasteiger partial charge is 0.266 e. The Morgan fingerprint density at radius 3 is 2.19 bits per heavy atom. The van der Waals surface area contributed by atoms with E-state index in [0.29, 0.717) is 28.9 Å². The largest absolute Gasteiger partial charge is 0.348 e. The lowest BCUT2D eigenvalue weighted by molar-refractivity contribution is 0.0926. The zero-order valence-electron chi connectivity index (χ0n) is 10.9. The first-order valence-electron chi connectivity index (χ1n) is 6.56. The van der Waals surface area contributed by atoms with E-state index in [9.17, 15) is 14.4 Å². The van der Waals surface area contributed by atoms with Crippen molar-refractivity contribution in [1.82, 2.24) is 5.32 Å². The van der Waals surface area contributed by atoms with Crippen molar-refractivity contribution in [1.29, 1.82) is 0 Å². The van der Waals surface area contributed by atoms with Crippen LogP contribution in [0.15, 0.2) is 42.5 Å². The van der Waals surface area contributed by atoms with Crippen LogP contribution in [0.2, 0.25) is 0 Å². The average molecular weight is 278 g/mol. The Bertz CT molecular complexity index is 791. The second-order valence-electron chi connectivity index (χ2n) is 4.99. The summed E-state index contributed by atoms with van der Waals surface area (Å²) in [6, 6.07) is 11.9. The summed E-state index contributed by atoms with van der Waals surface area (Å²) in [6.45, 7) is 0.422. The fourth-order valence-corrected chi connectivity index (χ4v) is 2.85. The molecule has 1 N–H and O–H groups in total. The van der Waals surface area contributed by atoms with Crippen molar-refractivity contribution < 1.29 is 14.4 Å². The van der Waals surface area contributed by atoms with Gasteiger partial charge in [-0.05, 0) is 23.8 Å². The van der Waals surface area contributed by atoms with Gasteiger partial charge in [0, 0.05) is 6.54 Å². The van der Waals surface area contributed by atoms with E-state index >= 15 is 0 Å². The van der Waals surface area contributed by atoms with Crippen molar-refractivity contribution in [3.8, 4) is 0 Å². The quantitative estimate of drug-likeness (QED) is 0.808. The van der Waals surface area contributed by atoms with Crippen molar-refractivity contribution in [2.75, 3.05) is 4.90 Å². The molecule has 2 aliphatic rings. The molecular weight excluding hydrogens is 268 g/mol. The number of imide groups is 1. The molecule has 0 unspecified atom stereocenters. The number of anilines is 1. The lowest BCUT2D eigenvalue weighted by atomic mass is 10.1. The fraction of sp³-hybridized carbons (Fsp3) is 0.0625. The van der Waals surface area contributed by atoms with Crippen LogP contribution in [0.1, 0.15) is 36.6 Å². The van der Waals surface area contributed by atoms with Crippen molar-refractivity contribution >= 4 is 23.4 Å². The van der Waals surface area contributed by atoms with Crippen molar-refractivity contribution in [2.45, 2.75) is 6.54 Å². The molecular formula is C16H10N2O3. The van der Waals surface area contributed by atoms with Crippen molar-refractivity contribution in [2.24, 2.45) is 0 Å². The third kappa shape index (κ3) is 1.48. The lowest BCUT2D eigenvalue weighted by Crippen LogP contribution is -2.31.